The van der Waals surface area contributed by atoms with E-state index in [9.17, 15) is 24.3 Å². The van der Waals surface area contributed by atoms with Gasteiger partial charge in [0.05, 0.1) is 0 Å². The summed E-state index contributed by atoms with van der Waals surface area (Å²) in [7, 11) is 0. The number of carboxylic acids is 1. The Morgan fingerprint density at radius 1 is 1.03 bits per heavy atom. The Hall–Kier alpha value is -2.90. The number of amides is 3. The average molecular weight is 415 g/mol. The van der Waals surface area contributed by atoms with Crippen molar-refractivity contribution in [1.29, 1.82) is 0 Å². The predicted octanol–water partition coefficient (Wildman–Crippen LogP) is 1.19. The molecule has 162 valence electrons. The first-order valence-corrected chi connectivity index (χ1v) is 10.6. The predicted molar refractivity (Wildman–Crippen MR) is 109 cm³/mol. The van der Waals surface area contributed by atoms with Gasteiger partial charge in [-0.25, -0.2) is 4.79 Å². The summed E-state index contributed by atoms with van der Waals surface area (Å²) >= 11 is 0. The minimum atomic E-state index is -1.00. The van der Waals surface area contributed by atoms with Crippen molar-refractivity contribution in [3.63, 3.8) is 0 Å². The summed E-state index contributed by atoms with van der Waals surface area (Å²) in [6, 6.07) is 7.44. The number of aliphatic carboxylic acids is 1. The largest absolute Gasteiger partial charge is 0.480 e. The molecular formula is C22H29N3O5. The van der Waals surface area contributed by atoms with Gasteiger partial charge in [-0.2, -0.15) is 0 Å². The van der Waals surface area contributed by atoms with E-state index in [1.165, 1.54) is 9.80 Å². The zero-order chi connectivity index (χ0) is 21.7. The lowest BCUT2D eigenvalue weighted by Gasteiger charge is -2.31. The van der Waals surface area contributed by atoms with Gasteiger partial charge in [0.2, 0.25) is 17.7 Å². The van der Waals surface area contributed by atoms with Gasteiger partial charge >= 0.3 is 5.97 Å². The third-order valence-electron chi connectivity index (χ3n) is 5.87. The van der Waals surface area contributed by atoms with E-state index in [2.05, 4.69) is 5.32 Å². The van der Waals surface area contributed by atoms with Crippen LogP contribution in [0.2, 0.25) is 0 Å². The van der Waals surface area contributed by atoms with Crippen LogP contribution in [-0.2, 0) is 25.6 Å². The molecule has 1 aromatic carbocycles. The van der Waals surface area contributed by atoms with Gasteiger partial charge in [0, 0.05) is 19.5 Å². The third kappa shape index (κ3) is 4.98. The molecule has 8 heteroatoms. The maximum Gasteiger partial charge on any atom is 0.326 e. The zero-order valence-electron chi connectivity index (χ0n) is 17.3. The third-order valence-corrected chi connectivity index (χ3v) is 5.87. The highest BCUT2D eigenvalue weighted by Gasteiger charge is 2.42. The molecule has 2 N–H and O–H groups in total. The number of carboxylic acid groups (broad SMARTS) is 1. The first-order valence-electron chi connectivity index (χ1n) is 10.6. The fraction of sp³-hybridized carbons (Fsp3) is 0.545. The molecule has 8 nitrogen and oxygen atoms in total. The number of carbonyl (C=O) groups is 4. The number of hydrogen-bond donors (Lipinski definition) is 2. The van der Waals surface area contributed by atoms with Crippen LogP contribution in [-0.4, -0.2) is 69.8 Å². The number of likely N-dealkylation sites (tertiary alicyclic amines) is 2. The average Bonchev–Trinajstić information content (AvgIpc) is 3.41. The van der Waals surface area contributed by atoms with Crippen molar-refractivity contribution in [3.8, 4) is 0 Å². The standard InChI is InChI=1S/C22H29N3O5/c1-15(23-19(26)12-11-16-7-3-2-4-8-16)20(27)24-13-5-9-17(24)21(28)25-14-6-10-18(25)22(29)30/h2-4,7-8,15,17-18H,5-6,9-14H2,1H3,(H,23,26)(H,29,30)/t15-,17-,18-/m0/s1. The van der Waals surface area contributed by atoms with Crippen LogP contribution in [0.25, 0.3) is 0 Å². The first-order chi connectivity index (χ1) is 14.4. The van der Waals surface area contributed by atoms with E-state index >= 15 is 0 Å². The van der Waals surface area contributed by atoms with Crippen LogP contribution in [0.4, 0.5) is 0 Å². The summed E-state index contributed by atoms with van der Waals surface area (Å²) < 4.78 is 0. The first kappa shape index (κ1) is 21.8. The molecule has 0 aromatic heterocycles. The van der Waals surface area contributed by atoms with E-state index < -0.39 is 24.1 Å². The number of aryl methyl sites for hydroxylation is 1. The molecule has 0 unspecified atom stereocenters. The molecule has 2 saturated heterocycles. The van der Waals surface area contributed by atoms with Crippen molar-refractivity contribution in [3.05, 3.63) is 35.9 Å². The highest BCUT2D eigenvalue weighted by molar-refractivity contribution is 5.94. The smallest absolute Gasteiger partial charge is 0.326 e. The number of rotatable bonds is 7. The van der Waals surface area contributed by atoms with Crippen molar-refractivity contribution >= 4 is 23.7 Å². The molecule has 2 heterocycles. The van der Waals surface area contributed by atoms with Crippen molar-refractivity contribution in [2.24, 2.45) is 0 Å². The second-order valence-electron chi connectivity index (χ2n) is 7.99. The van der Waals surface area contributed by atoms with Crippen LogP contribution in [0, 0.1) is 0 Å². The number of nitrogens with one attached hydrogen (secondary N) is 1. The molecule has 2 fully saturated rings. The van der Waals surface area contributed by atoms with Gasteiger partial charge in [-0.05, 0) is 44.6 Å². The van der Waals surface area contributed by atoms with Crippen LogP contribution in [0.5, 0.6) is 0 Å². The molecule has 0 spiro atoms. The van der Waals surface area contributed by atoms with Gasteiger partial charge in [0.1, 0.15) is 18.1 Å². The monoisotopic (exact) mass is 415 g/mol. The summed E-state index contributed by atoms with van der Waals surface area (Å²) in [6.45, 7) is 2.46. The van der Waals surface area contributed by atoms with Crippen molar-refractivity contribution in [2.75, 3.05) is 13.1 Å². The molecule has 30 heavy (non-hydrogen) atoms. The van der Waals surface area contributed by atoms with Gasteiger partial charge in [0.25, 0.3) is 0 Å². The van der Waals surface area contributed by atoms with Crippen LogP contribution < -0.4 is 5.32 Å². The normalized spacial score (nSPS) is 22.0. The second-order valence-corrected chi connectivity index (χ2v) is 7.99. The lowest BCUT2D eigenvalue weighted by Crippen LogP contribution is -2.54. The highest BCUT2D eigenvalue weighted by Crippen LogP contribution is 2.25. The number of hydrogen-bond acceptors (Lipinski definition) is 4. The van der Waals surface area contributed by atoms with Gasteiger partial charge in [-0.15, -0.1) is 0 Å². The molecule has 3 atom stereocenters. The van der Waals surface area contributed by atoms with Crippen LogP contribution in [0.1, 0.15) is 44.6 Å². The topological polar surface area (TPSA) is 107 Å². The molecule has 3 rings (SSSR count). The van der Waals surface area contributed by atoms with Gasteiger partial charge in [-0.1, -0.05) is 30.3 Å². The molecule has 2 aliphatic rings. The lowest BCUT2D eigenvalue weighted by atomic mass is 10.1. The van der Waals surface area contributed by atoms with Gasteiger partial charge < -0.3 is 20.2 Å². The summed E-state index contributed by atoms with van der Waals surface area (Å²) in [4.78, 5) is 52.5. The highest BCUT2D eigenvalue weighted by atomic mass is 16.4. The van der Waals surface area contributed by atoms with Gasteiger partial charge in [-0.3, -0.25) is 14.4 Å². The number of carbonyl (C=O) groups excluding carboxylic acids is 3. The Kier molecular flexibility index (Phi) is 7.07. The minimum absolute atomic E-state index is 0.215. The molecule has 3 amide bonds. The van der Waals surface area contributed by atoms with E-state index in [0.29, 0.717) is 45.2 Å². The molecule has 0 radical (unpaired) electrons. The van der Waals surface area contributed by atoms with Crippen molar-refractivity contribution < 1.29 is 24.3 Å². The summed E-state index contributed by atoms with van der Waals surface area (Å²) in [5.74, 6) is -1.82. The maximum atomic E-state index is 13.0. The molecule has 0 bridgehead atoms. The van der Waals surface area contributed by atoms with Crippen LogP contribution in [0.15, 0.2) is 30.3 Å². The van der Waals surface area contributed by atoms with Gasteiger partial charge in [0.15, 0.2) is 0 Å². The van der Waals surface area contributed by atoms with Crippen molar-refractivity contribution in [2.45, 2.75) is 63.6 Å². The Bertz CT molecular complexity index is 797. The Balaban J connectivity index is 1.56. The summed E-state index contributed by atoms with van der Waals surface area (Å²) in [5.41, 5.74) is 1.05. The second kappa shape index (κ2) is 9.73. The Morgan fingerprint density at radius 3 is 2.33 bits per heavy atom. The van der Waals surface area contributed by atoms with E-state index in [-0.39, 0.29) is 24.1 Å². The summed E-state index contributed by atoms with van der Waals surface area (Å²) in [5, 5.41) is 12.1. The molecule has 1 aromatic rings. The number of nitrogens with zero attached hydrogens (tertiary/aromatic N) is 2. The minimum Gasteiger partial charge on any atom is -0.480 e. The molecular weight excluding hydrogens is 386 g/mol. The fourth-order valence-electron chi connectivity index (χ4n) is 4.29. The lowest BCUT2D eigenvalue weighted by molar-refractivity contribution is -0.152. The Morgan fingerprint density at radius 2 is 1.67 bits per heavy atom. The van der Waals surface area contributed by atoms with E-state index in [1.807, 2.05) is 30.3 Å². The van der Waals surface area contributed by atoms with Crippen LogP contribution >= 0.6 is 0 Å². The maximum absolute atomic E-state index is 13.0. The SMILES string of the molecule is C[C@H](NC(=O)CCc1ccccc1)C(=O)N1CCC[C@H]1C(=O)N1CCC[C@H]1C(=O)O. The van der Waals surface area contributed by atoms with Crippen molar-refractivity contribution in [1.82, 2.24) is 15.1 Å². The van der Waals surface area contributed by atoms with E-state index in [0.717, 1.165) is 5.56 Å². The quantitative estimate of drug-likeness (QED) is 0.696. The molecule has 0 aliphatic carbocycles. The molecule has 2 aliphatic heterocycles. The van der Waals surface area contributed by atoms with E-state index in [1.54, 1.807) is 6.92 Å². The van der Waals surface area contributed by atoms with Crippen LogP contribution in [0.3, 0.4) is 0 Å². The zero-order valence-corrected chi connectivity index (χ0v) is 17.3. The van der Waals surface area contributed by atoms with E-state index in [4.69, 9.17) is 0 Å². The fourth-order valence-corrected chi connectivity index (χ4v) is 4.29. The Labute approximate surface area is 176 Å². The number of benzene rings is 1. The summed E-state index contributed by atoms with van der Waals surface area (Å²) in [6.07, 6.45) is 3.15. The molecule has 0 saturated carbocycles.